The van der Waals surface area contributed by atoms with Crippen molar-refractivity contribution in [3.05, 3.63) is 36.7 Å². The topological polar surface area (TPSA) is 68.0 Å². The second kappa shape index (κ2) is 7.68. The molecule has 3 N–H and O–H groups in total. The van der Waals surface area contributed by atoms with Crippen molar-refractivity contribution in [1.29, 1.82) is 0 Å². The minimum absolute atomic E-state index is 0. The molecule has 0 aliphatic heterocycles. The number of carbonyl (C=O) groups excluding carboxylic acids is 1. The highest BCUT2D eigenvalue weighted by molar-refractivity contribution is 5.85. The van der Waals surface area contributed by atoms with Crippen LogP contribution in [0.5, 0.6) is 0 Å². The summed E-state index contributed by atoms with van der Waals surface area (Å²) in [4.78, 5) is 15.6. The molecule has 1 heterocycles. The summed E-state index contributed by atoms with van der Waals surface area (Å²) in [5.74, 6) is -0.0355. The lowest BCUT2D eigenvalue weighted by Gasteiger charge is -2.11. The summed E-state index contributed by atoms with van der Waals surface area (Å²) < 4.78 is 0. The summed E-state index contributed by atoms with van der Waals surface area (Å²) in [5, 5.41) is 2.86. The van der Waals surface area contributed by atoms with Gasteiger partial charge in [-0.1, -0.05) is 6.08 Å². The Hall–Kier alpha value is -1.55. The lowest BCUT2D eigenvalue weighted by atomic mass is 10.2. The molecular weight excluding hydrogens is 238 g/mol. The predicted octanol–water partition coefficient (Wildman–Crippen LogP) is 1.71. The van der Waals surface area contributed by atoms with E-state index < -0.39 is 0 Å². The van der Waals surface area contributed by atoms with Crippen LogP contribution < -0.4 is 11.1 Å². The molecule has 0 aliphatic carbocycles. The molecular formula is C12H18ClN3O. The van der Waals surface area contributed by atoms with Crippen molar-refractivity contribution >= 4 is 24.0 Å². The molecule has 17 heavy (non-hydrogen) atoms. The van der Waals surface area contributed by atoms with E-state index in [1.165, 1.54) is 0 Å². The summed E-state index contributed by atoms with van der Waals surface area (Å²) in [7, 11) is 0. The molecule has 5 heteroatoms. The molecule has 0 radical (unpaired) electrons. The number of hydrogen-bond acceptors (Lipinski definition) is 3. The van der Waals surface area contributed by atoms with Crippen LogP contribution in [0.1, 0.15) is 19.0 Å². The summed E-state index contributed by atoms with van der Waals surface area (Å²) in [6.45, 7) is 5.56. The molecule has 1 aromatic heterocycles. The van der Waals surface area contributed by atoms with Crippen molar-refractivity contribution in [2.45, 2.75) is 25.8 Å². The second-order valence-corrected chi connectivity index (χ2v) is 3.75. The quantitative estimate of drug-likeness (QED) is 0.787. The molecule has 4 nitrogen and oxygen atoms in total. The number of amides is 1. The van der Waals surface area contributed by atoms with Crippen molar-refractivity contribution in [3.63, 3.8) is 0 Å². The normalized spacial score (nSPS) is 11.1. The average Bonchev–Trinajstić information content (AvgIpc) is 2.21. The van der Waals surface area contributed by atoms with Gasteiger partial charge in [-0.05, 0) is 25.5 Å². The van der Waals surface area contributed by atoms with Gasteiger partial charge in [-0.3, -0.25) is 9.78 Å². The maximum absolute atomic E-state index is 11.6. The number of nitrogens with zero attached hydrogens (tertiary/aromatic N) is 1. The van der Waals surface area contributed by atoms with Crippen LogP contribution in [0.3, 0.4) is 0 Å². The lowest BCUT2D eigenvalue weighted by Crippen LogP contribution is -2.33. The molecule has 1 unspecified atom stereocenters. The van der Waals surface area contributed by atoms with E-state index in [0.717, 1.165) is 12.1 Å². The van der Waals surface area contributed by atoms with Crippen molar-refractivity contribution in [3.8, 4) is 0 Å². The number of halogens is 1. The van der Waals surface area contributed by atoms with Crippen molar-refractivity contribution in [2.75, 3.05) is 5.73 Å². The zero-order valence-corrected chi connectivity index (χ0v) is 10.7. The van der Waals surface area contributed by atoms with E-state index in [4.69, 9.17) is 5.73 Å². The first-order chi connectivity index (χ1) is 7.61. The summed E-state index contributed by atoms with van der Waals surface area (Å²) >= 11 is 0. The fourth-order valence-electron chi connectivity index (χ4n) is 1.34. The van der Waals surface area contributed by atoms with Crippen LogP contribution in [0, 0.1) is 0 Å². The zero-order valence-electron chi connectivity index (χ0n) is 9.85. The highest BCUT2D eigenvalue weighted by Crippen LogP contribution is 2.02. The van der Waals surface area contributed by atoms with E-state index in [-0.39, 0.29) is 30.8 Å². The Bertz CT molecular complexity index is 365. The predicted molar refractivity (Wildman–Crippen MR) is 72.0 cm³/mol. The van der Waals surface area contributed by atoms with Gasteiger partial charge >= 0.3 is 0 Å². The first-order valence-corrected chi connectivity index (χ1v) is 5.22. The van der Waals surface area contributed by atoms with Gasteiger partial charge in [0.2, 0.25) is 5.91 Å². The van der Waals surface area contributed by atoms with Gasteiger partial charge in [0, 0.05) is 11.7 Å². The number of rotatable bonds is 5. The first-order valence-electron chi connectivity index (χ1n) is 5.22. The maximum Gasteiger partial charge on any atom is 0.226 e. The number of pyridine rings is 1. The van der Waals surface area contributed by atoms with Gasteiger partial charge in [0.15, 0.2) is 0 Å². The molecule has 0 fully saturated rings. The van der Waals surface area contributed by atoms with Gasteiger partial charge < -0.3 is 11.1 Å². The zero-order chi connectivity index (χ0) is 12.0. The van der Waals surface area contributed by atoms with Gasteiger partial charge in [0.05, 0.1) is 18.3 Å². The lowest BCUT2D eigenvalue weighted by molar-refractivity contribution is -0.121. The highest BCUT2D eigenvalue weighted by Gasteiger charge is 2.07. The van der Waals surface area contributed by atoms with E-state index in [2.05, 4.69) is 16.9 Å². The second-order valence-electron chi connectivity index (χ2n) is 3.75. The summed E-state index contributed by atoms with van der Waals surface area (Å²) in [6.07, 6.45) is 4.38. The van der Waals surface area contributed by atoms with Crippen LogP contribution in [0.4, 0.5) is 5.69 Å². The largest absolute Gasteiger partial charge is 0.397 e. The molecule has 1 aromatic rings. The van der Waals surface area contributed by atoms with Crippen molar-refractivity contribution < 1.29 is 4.79 Å². The highest BCUT2D eigenvalue weighted by atomic mass is 35.5. The van der Waals surface area contributed by atoms with E-state index >= 15 is 0 Å². The number of aromatic nitrogens is 1. The molecule has 1 amide bonds. The molecule has 1 atom stereocenters. The Morgan fingerprint density at radius 2 is 2.35 bits per heavy atom. The van der Waals surface area contributed by atoms with Crippen LogP contribution in [0.25, 0.3) is 0 Å². The Balaban J connectivity index is 0.00000256. The molecule has 0 spiro atoms. The number of hydrogen-bond donors (Lipinski definition) is 2. The van der Waals surface area contributed by atoms with Gasteiger partial charge in [-0.2, -0.15) is 0 Å². The van der Waals surface area contributed by atoms with E-state index in [0.29, 0.717) is 5.69 Å². The Labute approximate surface area is 108 Å². The van der Waals surface area contributed by atoms with Crippen molar-refractivity contribution in [1.82, 2.24) is 10.3 Å². The SMILES string of the molecule is C=CCC(C)NC(=O)Cc1ccc(N)cn1.Cl. The van der Waals surface area contributed by atoms with Crippen LogP contribution in [-0.4, -0.2) is 16.9 Å². The molecule has 0 saturated carbocycles. The van der Waals surface area contributed by atoms with Gasteiger partial charge in [-0.15, -0.1) is 19.0 Å². The number of carbonyl (C=O) groups is 1. The summed E-state index contributed by atoms with van der Waals surface area (Å²) in [5.41, 5.74) is 6.82. The number of nitrogens with two attached hydrogens (primary N) is 1. The fraction of sp³-hybridized carbons (Fsp3) is 0.333. The molecule has 0 saturated heterocycles. The van der Waals surface area contributed by atoms with Gasteiger partial charge in [0.25, 0.3) is 0 Å². The van der Waals surface area contributed by atoms with Crippen LogP contribution >= 0.6 is 12.4 Å². The Morgan fingerprint density at radius 1 is 1.65 bits per heavy atom. The Kier molecular flexibility index (Phi) is 6.98. The van der Waals surface area contributed by atoms with Crippen LogP contribution in [-0.2, 0) is 11.2 Å². The summed E-state index contributed by atoms with van der Waals surface area (Å²) in [6, 6.07) is 3.61. The minimum atomic E-state index is -0.0355. The Morgan fingerprint density at radius 3 is 2.88 bits per heavy atom. The standard InChI is InChI=1S/C12H17N3O.ClH/c1-3-4-9(2)15-12(16)7-11-6-5-10(13)8-14-11;/h3,5-6,8-9H,1,4,7,13H2,2H3,(H,15,16);1H. The van der Waals surface area contributed by atoms with Crippen molar-refractivity contribution in [2.24, 2.45) is 0 Å². The molecule has 0 bridgehead atoms. The smallest absolute Gasteiger partial charge is 0.226 e. The average molecular weight is 256 g/mol. The third kappa shape index (κ3) is 5.92. The first kappa shape index (κ1) is 15.4. The van der Waals surface area contributed by atoms with Gasteiger partial charge in [-0.25, -0.2) is 0 Å². The third-order valence-electron chi connectivity index (χ3n) is 2.12. The molecule has 0 aromatic carbocycles. The van der Waals surface area contributed by atoms with Crippen LogP contribution in [0.2, 0.25) is 0 Å². The monoisotopic (exact) mass is 255 g/mol. The third-order valence-corrected chi connectivity index (χ3v) is 2.12. The minimum Gasteiger partial charge on any atom is -0.397 e. The molecule has 0 aliphatic rings. The molecule has 94 valence electrons. The fourth-order valence-corrected chi connectivity index (χ4v) is 1.34. The molecule has 1 rings (SSSR count). The van der Waals surface area contributed by atoms with E-state index in [9.17, 15) is 4.79 Å². The number of nitrogen functional groups attached to an aromatic ring is 1. The van der Waals surface area contributed by atoms with Gasteiger partial charge in [0.1, 0.15) is 0 Å². The van der Waals surface area contributed by atoms with E-state index in [1.54, 1.807) is 24.4 Å². The van der Waals surface area contributed by atoms with E-state index in [1.807, 2.05) is 6.92 Å². The maximum atomic E-state index is 11.6. The van der Waals surface area contributed by atoms with Crippen LogP contribution in [0.15, 0.2) is 31.0 Å². The number of nitrogens with one attached hydrogen (secondary N) is 1. The number of anilines is 1.